The summed E-state index contributed by atoms with van der Waals surface area (Å²) in [4.78, 5) is 0.913. The van der Waals surface area contributed by atoms with E-state index in [1.54, 1.807) is 23.5 Å². The monoisotopic (exact) mass is 232 g/mol. The highest BCUT2D eigenvalue weighted by molar-refractivity contribution is 7.22. The number of fused-ring (bicyclic) bond motifs is 1. The summed E-state index contributed by atoms with van der Waals surface area (Å²) in [5, 5.41) is 14.0. The van der Waals surface area contributed by atoms with Crippen molar-refractivity contribution in [2.75, 3.05) is 5.73 Å². The highest BCUT2D eigenvalue weighted by Crippen LogP contribution is 2.37. The van der Waals surface area contributed by atoms with Gasteiger partial charge in [0.1, 0.15) is 11.4 Å². The average molecular weight is 232 g/mol. The molecule has 0 fully saturated rings. The second kappa shape index (κ2) is 3.24. The molecule has 80 valence electrons. The van der Waals surface area contributed by atoms with Crippen LogP contribution in [0.4, 0.5) is 5.69 Å². The Labute approximate surface area is 94.9 Å². The fourth-order valence-electron chi connectivity index (χ4n) is 1.58. The van der Waals surface area contributed by atoms with Crippen LogP contribution in [-0.4, -0.2) is 10.3 Å². The summed E-state index contributed by atoms with van der Waals surface area (Å²) in [5.41, 5.74) is 6.25. The van der Waals surface area contributed by atoms with Gasteiger partial charge in [-0.15, -0.1) is 11.3 Å². The summed E-state index contributed by atoms with van der Waals surface area (Å²) < 4.78 is 6.16. The standard InChI is InChI=1S/C11H8N2O2S/c12-8-5-13-15-11(8)10-4-6-3-7(14)1-2-9(6)16-10/h1-5,14H,12H2. The number of nitrogens with zero attached hydrogens (tertiary/aromatic N) is 1. The molecule has 0 radical (unpaired) electrons. The molecule has 1 aromatic carbocycles. The Morgan fingerprint density at radius 3 is 2.94 bits per heavy atom. The number of thiophene rings is 1. The number of nitrogen functional groups attached to an aromatic ring is 1. The van der Waals surface area contributed by atoms with E-state index < -0.39 is 0 Å². The quantitative estimate of drug-likeness (QED) is 0.676. The molecular formula is C11H8N2O2S. The molecule has 16 heavy (non-hydrogen) atoms. The van der Waals surface area contributed by atoms with Crippen LogP contribution in [0.1, 0.15) is 0 Å². The molecule has 0 aliphatic carbocycles. The Morgan fingerprint density at radius 1 is 1.31 bits per heavy atom. The van der Waals surface area contributed by atoms with Crippen LogP contribution in [-0.2, 0) is 0 Å². The first-order valence-corrected chi connectivity index (χ1v) is 5.49. The van der Waals surface area contributed by atoms with Crippen molar-refractivity contribution in [3.8, 4) is 16.4 Å². The maximum absolute atomic E-state index is 9.37. The molecule has 3 rings (SSSR count). The smallest absolute Gasteiger partial charge is 0.199 e. The van der Waals surface area contributed by atoms with Crippen LogP contribution in [0.5, 0.6) is 5.75 Å². The molecule has 0 aliphatic heterocycles. The lowest BCUT2D eigenvalue weighted by Gasteiger charge is -1.89. The molecule has 2 heterocycles. The predicted octanol–water partition coefficient (Wildman–Crippen LogP) is 2.84. The largest absolute Gasteiger partial charge is 0.508 e. The normalized spacial score (nSPS) is 11.0. The van der Waals surface area contributed by atoms with Crippen LogP contribution in [0.15, 0.2) is 35.0 Å². The minimum atomic E-state index is 0.252. The molecule has 0 spiro atoms. The van der Waals surface area contributed by atoms with Crippen molar-refractivity contribution in [2.24, 2.45) is 0 Å². The molecule has 0 unspecified atom stereocenters. The number of aromatic hydroxyl groups is 1. The van der Waals surface area contributed by atoms with Gasteiger partial charge in [-0.2, -0.15) is 0 Å². The maximum atomic E-state index is 9.37. The van der Waals surface area contributed by atoms with E-state index in [2.05, 4.69) is 5.16 Å². The highest BCUT2D eigenvalue weighted by Gasteiger charge is 2.11. The Bertz CT molecular complexity index is 657. The van der Waals surface area contributed by atoms with E-state index in [1.165, 1.54) is 6.20 Å². The first kappa shape index (κ1) is 9.23. The molecule has 3 aromatic rings. The number of anilines is 1. The summed E-state index contributed by atoms with van der Waals surface area (Å²) in [6.45, 7) is 0. The number of aromatic nitrogens is 1. The van der Waals surface area contributed by atoms with E-state index in [9.17, 15) is 5.11 Å². The molecular weight excluding hydrogens is 224 g/mol. The number of hydrogen-bond acceptors (Lipinski definition) is 5. The zero-order chi connectivity index (χ0) is 11.1. The van der Waals surface area contributed by atoms with Gasteiger partial charge in [0.25, 0.3) is 0 Å². The number of rotatable bonds is 1. The molecule has 0 bridgehead atoms. The second-order valence-electron chi connectivity index (χ2n) is 3.44. The van der Waals surface area contributed by atoms with Gasteiger partial charge in [0.15, 0.2) is 5.76 Å². The summed E-state index contributed by atoms with van der Waals surface area (Å²) in [6, 6.07) is 7.16. The lowest BCUT2D eigenvalue weighted by Crippen LogP contribution is -1.81. The zero-order valence-electron chi connectivity index (χ0n) is 8.18. The van der Waals surface area contributed by atoms with Crippen LogP contribution >= 0.6 is 11.3 Å². The third kappa shape index (κ3) is 1.33. The first-order chi connectivity index (χ1) is 7.74. The van der Waals surface area contributed by atoms with Gasteiger partial charge in [-0.05, 0) is 29.7 Å². The number of hydrogen-bond donors (Lipinski definition) is 2. The van der Waals surface area contributed by atoms with Crippen molar-refractivity contribution < 1.29 is 9.63 Å². The van der Waals surface area contributed by atoms with Crippen molar-refractivity contribution in [1.82, 2.24) is 5.16 Å². The molecule has 2 aromatic heterocycles. The Balaban J connectivity index is 2.23. The topological polar surface area (TPSA) is 72.3 Å². The minimum Gasteiger partial charge on any atom is -0.508 e. The number of phenolic OH excluding ortho intramolecular Hbond substituents is 1. The first-order valence-electron chi connectivity index (χ1n) is 4.67. The van der Waals surface area contributed by atoms with Crippen molar-refractivity contribution >= 4 is 27.1 Å². The molecule has 5 heteroatoms. The lowest BCUT2D eigenvalue weighted by atomic mass is 10.2. The predicted molar refractivity (Wildman–Crippen MR) is 63.4 cm³/mol. The molecule has 0 saturated carbocycles. The Hall–Kier alpha value is -2.01. The van der Waals surface area contributed by atoms with E-state index in [0.29, 0.717) is 11.4 Å². The maximum Gasteiger partial charge on any atom is 0.199 e. The summed E-state index contributed by atoms with van der Waals surface area (Å²) in [7, 11) is 0. The molecule has 4 nitrogen and oxygen atoms in total. The fourth-order valence-corrected chi connectivity index (χ4v) is 2.62. The fraction of sp³-hybridized carbons (Fsp3) is 0. The van der Waals surface area contributed by atoms with Gasteiger partial charge in [-0.25, -0.2) is 0 Å². The third-order valence-corrected chi connectivity index (χ3v) is 3.44. The molecule has 3 N–H and O–H groups in total. The van der Waals surface area contributed by atoms with Crippen LogP contribution in [0.25, 0.3) is 20.7 Å². The summed E-state index contributed by atoms with van der Waals surface area (Å²) in [5.74, 6) is 0.836. The summed E-state index contributed by atoms with van der Waals surface area (Å²) >= 11 is 1.55. The SMILES string of the molecule is Nc1cnoc1-c1cc2cc(O)ccc2s1. The number of benzene rings is 1. The Morgan fingerprint density at radius 2 is 2.19 bits per heavy atom. The van der Waals surface area contributed by atoms with Crippen molar-refractivity contribution in [2.45, 2.75) is 0 Å². The van der Waals surface area contributed by atoms with Gasteiger partial charge in [-0.3, -0.25) is 0 Å². The highest BCUT2D eigenvalue weighted by atomic mass is 32.1. The molecule has 0 atom stereocenters. The van der Waals surface area contributed by atoms with Crippen LogP contribution < -0.4 is 5.73 Å². The van der Waals surface area contributed by atoms with Gasteiger partial charge in [-0.1, -0.05) is 5.16 Å². The lowest BCUT2D eigenvalue weighted by molar-refractivity contribution is 0.433. The zero-order valence-corrected chi connectivity index (χ0v) is 8.99. The van der Waals surface area contributed by atoms with Gasteiger partial charge >= 0.3 is 0 Å². The minimum absolute atomic E-state index is 0.252. The van der Waals surface area contributed by atoms with E-state index in [4.69, 9.17) is 10.3 Å². The van der Waals surface area contributed by atoms with Crippen molar-refractivity contribution in [3.05, 3.63) is 30.5 Å². The van der Waals surface area contributed by atoms with Gasteiger partial charge in [0.2, 0.25) is 0 Å². The Kier molecular flexibility index (Phi) is 1.87. The van der Waals surface area contributed by atoms with Crippen molar-refractivity contribution in [1.29, 1.82) is 0 Å². The van der Waals surface area contributed by atoms with E-state index >= 15 is 0 Å². The van der Waals surface area contributed by atoms with Crippen molar-refractivity contribution in [3.63, 3.8) is 0 Å². The second-order valence-corrected chi connectivity index (χ2v) is 4.53. The third-order valence-electron chi connectivity index (χ3n) is 2.32. The van der Waals surface area contributed by atoms with E-state index in [0.717, 1.165) is 15.0 Å². The van der Waals surface area contributed by atoms with E-state index in [1.807, 2.05) is 12.1 Å². The van der Waals surface area contributed by atoms with Crippen LogP contribution in [0.2, 0.25) is 0 Å². The van der Waals surface area contributed by atoms with Crippen LogP contribution in [0.3, 0.4) is 0 Å². The molecule has 0 aliphatic rings. The summed E-state index contributed by atoms with van der Waals surface area (Å²) in [6.07, 6.45) is 1.48. The van der Waals surface area contributed by atoms with Gasteiger partial charge in [0.05, 0.1) is 11.1 Å². The van der Waals surface area contributed by atoms with Gasteiger partial charge in [0, 0.05) is 4.70 Å². The van der Waals surface area contributed by atoms with Crippen LogP contribution in [0, 0.1) is 0 Å². The van der Waals surface area contributed by atoms with E-state index in [-0.39, 0.29) is 5.75 Å². The molecule has 0 saturated heterocycles. The number of phenols is 1. The van der Waals surface area contributed by atoms with Gasteiger partial charge < -0.3 is 15.4 Å². The average Bonchev–Trinajstić information content (AvgIpc) is 2.82. The number of nitrogens with two attached hydrogens (primary N) is 1. The molecule has 0 amide bonds.